The molecule has 5 nitrogen and oxygen atoms in total. The Morgan fingerprint density at radius 2 is 1.95 bits per heavy atom. The highest BCUT2D eigenvalue weighted by atomic mass is 16.5. The van der Waals surface area contributed by atoms with Gasteiger partial charge in [0, 0.05) is 37.5 Å². The van der Waals surface area contributed by atoms with Crippen LogP contribution in [-0.2, 0) is 17.9 Å². The number of nitrogens with one attached hydrogen (secondary N) is 2. The average Bonchev–Trinajstić information content (AvgIpc) is 2.49. The van der Waals surface area contributed by atoms with E-state index in [9.17, 15) is 4.79 Å². The number of aromatic nitrogens is 1. The molecule has 110 valence electrons. The Kier molecular flexibility index (Phi) is 5.29. The zero-order valence-electron chi connectivity index (χ0n) is 12.2. The summed E-state index contributed by atoms with van der Waals surface area (Å²) in [6.45, 7) is 2.92. The Labute approximate surface area is 124 Å². The average molecular weight is 285 g/mol. The zero-order chi connectivity index (χ0) is 15.1. The van der Waals surface area contributed by atoms with Crippen molar-refractivity contribution in [2.45, 2.75) is 20.0 Å². The molecule has 0 radical (unpaired) electrons. The normalized spacial score (nSPS) is 10.2. The number of carbonyl (C=O) groups is 1. The third-order valence-corrected chi connectivity index (χ3v) is 2.96. The molecule has 0 atom stereocenters. The number of nitrogens with zero attached hydrogens (tertiary/aromatic N) is 1. The summed E-state index contributed by atoms with van der Waals surface area (Å²) in [5.41, 5.74) is 2.97. The molecule has 0 aliphatic rings. The molecule has 1 aromatic carbocycles. The van der Waals surface area contributed by atoms with E-state index in [0.29, 0.717) is 12.4 Å². The van der Waals surface area contributed by atoms with Gasteiger partial charge in [-0.25, -0.2) is 4.98 Å². The highest BCUT2D eigenvalue weighted by molar-refractivity contribution is 5.88. The van der Waals surface area contributed by atoms with Gasteiger partial charge in [-0.05, 0) is 23.8 Å². The standard InChI is InChI=1S/C16H19N3O2/c1-12(20)19-15-7-5-13(6-8-15)10-17-11-14-4-3-9-18-16(14)21-2/h3-9,17H,10-11H2,1-2H3,(H,19,20). The molecule has 1 amide bonds. The van der Waals surface area contributed by atoms with Gasteiger partial charge in [0.2, 0.25) is 11.8 Å². The summed E-state index contributed by atoms with van der Waals surface area (Å²) < 4.78 is 5.21. The fourth-order valence-corrected chi connectivity index (χ4v) is 1.99. The fraction of sp³-hybridized carbons (Fsp3) is 0.250. The van der Waals surface area contributed by atoms with Crippen LogP contribution < -0.4 is 15.4 Å². The Bertz CT molecular complexity index is 597. The summed E-state index contributed by atoms with van der Waals surface area (Å²) in [6, 6.07) is 11.6. The number of anilines is 1. The first-order valence-corrected chi connectivity index (χ1v) is 6.74. The van der Waals surface area contributed by atoms with Crippen LogP contribution in [0.25, 0.3) is 0 Å². The smallest absolute Gasteiger partial charge is 0.221 e. The van der Waals surface area contributed by atoms with Gasteiger partial charge in [-0.1, -0.05) is 18.2 Å². The molecule has 5 heteroatoms. The number of hydrogen-bond donors (Lipinski definition) is 2. The molecule has 0 saturated carbocycles. The monoisotopic (exact) mass is 285 g/mol. The maximum atomic E-state index is 10.9. The molecule has 2 rings (SSSR count). The van der Waals surface area contributed by atoms with Gasteiger partial charge in [0.25, 0.3) is 0 Å². The molecule has 0 unspecified atom stereocenters. The second-order valence-electron chi connectivity index (χ2n) is 4.65. The Morgan fingerprint density at radius 3 is 2.62 bits per heavy atom. The van der Waals surface area contributed by atoms with Crippen molar-refractivity contribution in [3.05, 3.63) is 53.7 Å². The van der Waals surface area contributed by atoms with E-state index in [2.05, 4.69) is 15.6 Å². The van der Waals surface area contributed by atoms with E-state index >= 15 is 0 Å². The topological polar surface area (TPSA) is 63.2 Å². The maximum Gasteiger partial charge on any atom is 0.221 e. The van der Waals surface area contributed by atoms with Crippen molar-refractivity contribution in [1.29, 1.82) is 0 Å². The van der Waals surface area contributed by atoms with E-state index in [-0.39, 0.29) is 5.91 Å². The van der Waals surface area contributed by atoms with Crippen LogP contribution in [-0.4, -0.2) is 18.0 Å². The number of amides is 1. The molecule has 0 aliphatic heterocycles. The van der Waals surface area contributed by atoms with Crippen molar-refractivity contribution in [2.75, 3.05) is 12.4 Å². The van der Waals surface area contributed by atoms with Gasteiger partial charge in [-0.3, -0.25) is 4.79 Å². The first-order valence-electron chi connectivity index (χ1n) is 6.74. The third kappa shape index (κ3) is 4.57. The fourth-order valence-electron chi connectivity index (χ4n) is 1.99. The van der Waals surface area contributed by atoms with Gasteiger partial charge in [-0.15, -0.1) is 0 Å². The lowest BCUT2D eigenvalue weighted by Gasteiger charge is -2.09. The Balaban J connectivity index is 1.87. The van der Waals surface area contributed by atoms with Crippen molar-refractivity contribution < 1.29 is 9.53 Å². The highest BCUT2D eigenvalue weighted by Crippen LogP contribution is 2.13. The Hall–Kier alpha value is -2.40. The van der Waals surface area contributed by atoms with Crippen LogP contribution in [0.3, 0.4) is 0 Å². The van der Waals surface area contributed by atoms with E-state index < -0.39 is 0 Å². The number of pyridine rings is 1. The van der Waals surface area contributed by atoms with E-state index in [1.807, 2.05) is 36.4 Å². The van der Waals surface area contributed by atoms with Gasteiger partial charge in [0.15, 0.2) is 0 Å². The molecule has 1 heterocycles. The van der Waals surface area contributed by atoms with E-state index in [1.165, 1.54) is 6.92 Å². The minimum atomic E-state index is -0.0652. The van der Waals surface area contributed by atoms with Gasteiger partial charge < -0.3 is 15.4 Å². The van der Waals surface area contributed by atoms with E-state index in [1.54, 1.807) is 13.3 Å². The quantitative estimate of drug-likeness (QED) is 0.855. The summed E-state index contributed by atoms with van der Waals surface area (Å²) in [7, 11) is 1.62. The van der Waals surface area contributed by atoms with Crippen molar-refractivity contribution in [3.8, 4) is 5.88 Å². The van der Waals surface area contributed by atoms with Crippen LogP contribution in [0, 0.1) is 0 Å². The van der Waals surface area contributed by atoms with Gasteiger partial charge in [0.1, 0.15) is 0 Å². The van der Waals surface area contributed by atoms with Crippen LogP contribution in [0.2, 0.25) is 0 Å². The Morgan fingerprint density at radius 1 is 1.19 bits per heavy atom. The summed E-state index contributed by atoms with van der Waals surface area (Å²) in [5.74, 6) is 0.579. The minimum Gasteiger partial charge on any atom is -0.481 e. The summed E-state index contributed by atoms with van der Waals surface area (Å²) in [5, 5.41) is 6.09. The molecule has 0 saturated heterocycles. The van der Waals surface area contributed by atoms with Crippen molar-refractivity contribution in [3.63, 3.8) is 0 Å². The van der Waals surface area contributed by atoms with Gasteiger partial charge >= 0.3 is 0 Å². The third-order valence-electron chi connectivity index (χ3n) is 2.96. The molecule has 1 aromatic heterocycles. The first kappa shape index (κ1) is 15.0. The van der Waals surface area contributed by atoms with Crippen LogP contribution >= 0.6 is 0 Å². The lowest BCUT2D eigenvalue weighted by molar-refractivity contribution is -0.114. The van der Waals surface area contributed by atoms with E-state index in [0.717, 1.165) is 23.4 Å². The molecular formula is C16H19N3O2. The molecule has 0 bridgehead atoms. The molecule has 2 aromatic rings. The molecular weight excluding hydrogens is 266 g/mol. The molecule has 2 N–H and O–H groups in total. The molecule has 21 heavy (non-hydrogen) atoms. The van der Waals surface area contributed by atoms with Crippen molar-refractivity contribution >= 4 is 11.6 Å². The second-order valence-corrected chi connectivity index (χ2v) is 4.65. The SMILES string of the molecule is COc1ncccc1CNCc1ccc(NC(C)=O)cc1. The van der Waals surface area contributed by atoms with Crippen LogP contribution in [0.15, 0.2) is 42.6 Å². The molecule has 0 aliphatic carbocycles. The number of ether oxygens (including phenoxy) is 1. The number of rotatable bonds is 6. The van der Waals surface area contributed by atoms with Crippen LogP contribution in [0.5, 0.6) is 5.88 Å². The van der Waals surface area contributed by atoms with E-state index in [4.69, 9.17) is 4.74 Å². The number of hydrogen-bond acceptors (Lipinski definition) is 4. The molecule has 0 spiro atoms. The summed E-state index contributed by atoms with van der Waals surface area (Å²) in [6.07, 6.45) is 1.71. The van der Waals surface area contributed by atoms with Gasteiger partial charge in [0.05, 0.1) is 7.11 Å². The largest absolute Gasteiger partial charge is 0.481 e. The lowest BCUT2D eigenvalue weighted by atomic mass is 10.2. The summed E-state index contributed by atoms with van der Waals surface area (Å²) in [4.78, 5) is 15.1. The van der Waals surface area contributed by atoms with Gasteiger partial charge in [-0.2, -0.15) is 0 Å². The molecule has 0 fully saturated rings. The summed E-state index contributed by atoms with van der Waals surface area (Å²) >= 11 is 0. The highest BCUT2D eigenvalue weighted by Gasteiger charge is 2.02. The van der Waals surface area contributed by atoms with Crippen molar-refractivity contribution in [1.82, 2.24) is 10.3 Å². The van der Waals surface area contributed by atoms with Crippen LogP contribution in [0.1, 0.15) is 18.1 Å². The first-order chi connectivity index (χ1) is 10.2. The maximum absolute atomic E-state index is 10.9. The predicted octanol–water partition coefficient (Wildman–Crippen LogP) is 2.34. The number of benzene rings is 1. The lowest BCUT2D eigenvalue weighted by Crippen LogP contribution is -2.14. The van der Waals surface area contributed by atoms with Crippen molar-refractivity contribution in [2.24, 2.45) is 0 Å². The second kappa shape index (κ2) is 7.40. The predicted molar refractivity (Wildman–Crippen MR) is 82.1 cm³/mol. The number of carbonyl (C=O) groups excluding carboxylic acids is 1. The minimum absolute atomic E-state index is 0.0652. The zero-order valence-corrected chi connectivity index (χ0v) is 12.2. The van der Waals surface area contributed by atoms with Crippen LogP contribution in [0.4, 0.5) is 5.69 Å². The number of methoxy groups -OCH3 is 1.